The minimum absolute atomic E-state index is 0.0406. The van der Waals surface area contributed by atoms with Gasteiger partial charge in [0.2, 0.25) is 5.91 Å². The quantitative estimate of drug-likeness (QED) is 0.853. The van der Waals surface area contributed by atoms with Crippen molar-refractivity contribution in [2.75, 3.05) is 14.2 Å². The lowest BCUT2D eigenvalue weighted by atomic mass is 10.1. The average Bonchev–Trinajstić information content (AvgIpc) is 3.05. The van der Waals surface area contributed by atoms with Crippen LogP contribution in [0.5, 0.6) is 5.75 Å². The lowest BCUT2D eigenvalue weighted by molar-refractivity contribution is -0.125. The molecule has 0 aliphatic rings. The summed E-state index contributed by atoms with van der Waals surface area (Å²) in [6.07, 6.45) is 0. The van der Waals surface area contributed by atoms with Crippen molar-refractivity contribution >= 4 is 17.2 Å². The van der Waals surface area contributed by atoms with Crippen LogP contribution in [0.1, 0.15) is 17.4 Å². The van der Waals surface area contributed by atoms with E-state index in [0.29, 0.717) is 13.1 Å². The minimum Gasteiger partial charge on any atom is -0.497 e. The third-order valence-corrected chi connectivity index (χ3v) is 4.50. The van der Waals surface area contributed by atoms with Crippen molar-refractivity contribution in [2.45, 2.75) is 26.1 Å². The summed E-state index contributed by atoms with van der Waals surface area (Å²) in [5.41, 5.74) is 1.12. The van der Waals surface area contributed by atoms with Crippen LogP contribution in [0.15, 0.2) is 41.8 Å². The number of carbonyl (C=O) groups is 1. The Morgan fingerprint density at radius 1 is 1.36 bits per heavy atom. The van der Waals surface area contributed by atoms with Crippen LogP contribution >= 0.6 is 11.3 Å². The van der Waals surface area contributed by atoms with Crippen molar-refractivity contribution in [2.24, 2.45) is 0 Å². The molecular formula is C17H22N2O2S. The third kappa shape index (κ3) is 4.58. The molecule has 1 aromatic carbocycles. The summed E-state index contributed by atoms with van der Waals surface area (Å²) in [5.74, 6) is 0.875. The Morgan fingerprint density at radius 3 is 2.86 bits per heavy atom. The van der Waals surface area contributed by atoms with Crippen LogP contribution in [0.4, 0.5) is 0 Å². The molecule has 1 heterocycles. The molecule has 0 aliphatic carbocycles. The number of ether oxygens (including phenoxy) is 1. The van der Waals surface area contributed by atoms with Gasteiger partial charge in [-0.3, -0.25) is 9.69 Å². The normalized spacial score (nSPS) is 12.2. The van der Waals surface area contributed by atoms with E-state index in [1.54, 1.807) is 18.4 Å². The summed E-state index contributed by atoms with van der Waals surface area (Å²) in [6.45, 7) is 3.21. The van der Waals surface area contributed by atoms with Gasteiger partial charge in [-0.05, 0) is 43.1 Å². The fourth-order valence-corrected chi connectivity index (χ4v) is 2.78. The van der Waals surface area contributed by atoms with Gasteiger partial charge in [0.05, 0.1) is 19.7 Å². The Labute approximate surface area is 135 Å². The molecule has 0 fully saturated rings. The number of nitrogens with one attached hydrogen (secondary N) is 1. The molecule has 1 aromatic heterocycles. The van der Waals surface area contributed by atoms with Gasteiger partial charge in [-0.25, -0.2) is 0 Å². The maximum absolute atomic E-state index is 12.2. The van der Waals surface area contributed by atoms with Crippen LogP contribution in [0, 0.1) is 0 Å². The highest BCUT2D eigenvalue weighted by Crippen LogP contribution is 2.15. The molecule has 1 N–H and O–H groups in total. The highest BCUT2D eigenvalue weighted by molar-refractivity contribution is 7.09. The number of carbonyl (C=O) groups excluding carboxylic acids is 1. The molecule has 0 radical (unpaired) electrons. The van der Waals surface area contributed by atoms with E-state index in [1.165, 1.54) is 0 Å². The van der Waals surface area contributed by atoms with Gasteiger partial charge in [0.1, 0.15) is 5.75 Å². The van der Waals surface area contributed by atoms with Gasteiger partial charge in [0.15, 0.2) is 0 Å². The Morgan fingerprint density at radius 2 is 2.18 bits per heavy atom. The third-order valence-electron chi connectivity index (χ3n) is 3.62. The number of nitrogens with zero attached hydrogens (tertiary/aromatic N) is 1. The fraction of sp³-hybridized carbons (Fsp3) is 0.353. The second-order valence-electron chi connectivity index (χ2n) is 5.24. The predicted octanol–water partition coefficient (Wildman–Crippen LogP) is 2.89. The number of likely N-dealkylation sites (N-methyl/N-ethyl adjacent to an activating group) is 1. The van der Waals surface area contributed by atoms with Crippen LogP contribution in [0.25, 0.3) is 0 Å². The van der Waals surface area contributed by atoms with E-state index in [1.807, 2.05) is 60.6 Å². The number of hydrogen-bond acceptors (Lipinski definition) is 4. The molecule has 22 heavy (non-hydrogen) atoms. The highest BCUT2D eigenvalue weighted by Gasteiger charge is 2.18. The Kier molecular flexibility index (Phi) is 5.98. The number of amides is 1. The smallest absolute Gasteiger partial charge is 0.237 e. The number of benzene rings is 1. The summed E-state index contributed by atoms with van der Waals surface area (Å²) in [4.78, 5) is 15.4. The summed E-state index contributed by atoms with van der Waals surface area (Å²) >= 11 is 1.65. The van der Waals surface area contributed by atoms with Crippen molar-refractivity contribution in [3.63, 3.8) is 0 Å². The second kappa shape index (κ2) is 7.96. The van der Waals surface area contributed by atoms with Crippen molar-refractivity contribution in [3.05, 3.63) is 52.2 Å². The molecular weight excluding hydrogens is 296 g/mol. The molecule has 0 saturated heterocycles. The molecule has 2 rings (SSSR count). The van der Waals surface area contributed by atoms with Crippen LogP contribution in [0.2, 0.25) is 0 Å². The van der Waals surface area contributed by atoms with E-state index in [4.69, 9.17) is 4.74 Å². The summed E-state index contributed by atoms with van der Waals surface area (Å²) < 4.78 is 5.23. The van der Waals surface area contributed by atoms with Crippen LogP contribution in [-0.2, 0) is 17.9 Å². The lowest BCUT2D eigenvalue weighted by Gasteiger charge is -2.24. The molecule has 5 heteroatoms. The number of rotatable bonds is 7. The molecule has 0 unspecified atom stereocenters. The van der Waals surface area contributed by atoms with Crippen molar-refractivity contribution < 1.29 is 9.53 Å². The molecule has 0 aliphatic heterocycles. The van der Waals surface area contributed by atoms with Gasteiger partial charge in [0.25, 0.3) is 0 Å². The molecule has 0 bridgehead atoms. The first-order valence-electron chi connectivity index (χ1n) is 7.23. The van der Waals surface area contributed by atoms with Gasteiger partial charge >= 0.3 is 0 Å². The molecule has 4 nitrogen and oxygen atoms in total. The van der Waals surface area contributed by atoms with E-state index in [9.17, 15) is 4.79 Å². The SMILES string of the molecule is COc1cccc(CN(C)[C@@H](C)C(=O)NCc2cccs2)c1. The first-order valence-corrected chi connectivity index (χ1v) is 8.11. The summed E-state index contributed by atoms with van der Waals surface area (Å²) in [7, 11) is 3.61. The van der Waals surface area contributed by atoms with E-state index < -0.39 is 0 Å². The number of methoxy groups -OCH3 is 1. The largest absolute Gasteiger partial charge is 0.497 e. The monoisotopic (exact) mass is 318 g/mol. The second-order valence-corrected chi connectivity index (χ2v) is 6.27. The first kappa shape index (κ1) is 16.5. The maximum Gasteiger partial charge on any atom is 0.237 e. The Balaban J connectivity index is 1.87. The fourth-order valence-electron chi connectivity index (χ4n) is 2.13. The van der Waals surface area contributed by atoms with E-state index in [2.05, 4.69) is 5.32 Å². The van der Waals surface area contributed by atoms with Gasteiger partial charge < -0.3 is 10.1 Å². The van der Waals surface area contributed by atoms with Crippen molar-refractivity contribution in [1.29, 1.82) is 0 Å². The summed E-state index contributed by atoms with van der Waals surface area (Å²) in [6, 6.07) is 11.7. The van der Waals surface area contributed by atoms with Gasteiger partial charge in [-0.2, -0.15) is 0 Å². The highest BCUT2D eigenvalue weighted by atomic mass is 32.1. The topological polar surface area (TPSA) is 41.6 Å². The van der Waals surface area contributed by atoms with Crippen molar-refractivity contribution in [1.82, 2.24) is 10.2 Å². The van der Waals surface area contributed by atoms with Crippen LogP contribution in [-0.4, -0.2) is 31.0 Å². The molecule has 2 aromatic rings. The van der Waals surface area contributed by atoms with Crippen molar-refractivity contribution in [3.8, 4) is 5.75 Å². The zero-order valence-electron chi connectivity index (χ0n) is 13.2. The zero-order valence-corrected chi connectivity index (χ0v) is 14.0. The molecule has 0 saturated carbocycles. The Bertz CT molecular complexity index is 598. The van der Waals surface area contributed by atoms with E-state index in [-0.39, 0.29) is 11.9 Å². The minimum atomic E-state index is -0.189. The van der Waals surface area contributed by atoms with Gasteiger partial charge in [0, 0.05) is 11.4 Å². The zero-order chi connectivity index (χ0) is 15.9. The maximum atomic E-state index is 12.2. The van der Waals surface area contributed by atoms with Crippen LogP contribution in [0.3, 0.4) is 0 Å². The van der Waals surface area contributed by atoms with E-state index >= 15 is 0 Å². The first-order chi connectivity index (χ1) is 10.6. The van der Waals surface area contributed by atoms with Gasteiger partial charge in [-0.1, -0.05) is 18.2 Å². The standard InChI is InChI=1S/C17H22N2O2S/c1-13(17(20)18-11-16-8-5-9-22-16)19(2)12-14-6-4-7-15(10-14)21-3/h4-10,13H,11-12H2,1-3H3,(H,18,20)/t13-/m0/s1. The molecule has 1 amide bonds. The molecule has 0 spiro atoms. The Hall–Kier alpha value is -1.85. The lowest BCUT2D eigenvalue weighted by Crippen LogP contribution is -2.42. The predicted molar refractivity (Wildman–Crippen MR) is 90.1 cm³/mol. The molecule has 1 atom stereocenters. The van der Waals surface area contributed by atoms with Gasteiger partial charge in [-0.15, -0.1) is 11.3 Å². The summed E-state index contributed by atoms with van der Waals surface area (Å²) in [5, 5.41) is 4.99. The number of thiophene rings is 1. The van der Waals surface area contributed by atoms with Crippen LogP contribution < -0.4 is 10.1 Å². The van der Waals surface area contributed by atoms with E-state index in [0.717, 1.165) is 16.2 Å². The average molecular weight is 318 g/mol. The number of hydrogen-bond donors (Lipinski definition) is 1. The molecule has 118 valence electrons.